The molecular formula is C11H12F2OS. The zero-order valence-corrected chi connectivity index (χ0v) is 9.15. The van der Waals surface area contributed by atoms with Crippen molar-refractivity contribution < 1.29 is 13.9 Å². The summed E-state index contributed by atoms with van der Waals surface area (Å²) in [6.45, 7) is 1.95. The van der Waals surface area contributed by atoms with Gasteiger partial charge in [0.15, 0.2) is 0 Å². The van der Waals surface area contributed by atoms with Gasteiger partial charge in [0.25, 0.3) is 0 Å². The molecule has 1 heterocycles. The van der Waals surface area contributed by atoms with Gasteiger partial charge in [-0.3, -0.25) is 0 Å². The number of aliphatic hydroxyl groups excluding tert-OH is 1. The number of rotatable bonds is 0. The van der Waals surface area contributed by atoms with Crippen molar-refractivity contribution in [3.05, 3.63) is 34.9 Å². The maximum Gasteiger partial charge on any atom is 0.129 e. The molecule has 0 aliphatic carbocycles. The highest BCUT2D eigenvalue weighted by molar-refractivity contribution is 7.99. The predicted molar refractivity (Wildman–Crippen MR) is 56.7 cm³/mol. The number of thioether (sulfide) groups is 1. The zero-order valence-electron chi connectivity index (χ0n) is 8.34. The second-order valence-corrected chi connectivity index (χ2v) is 5.22. The lowest BCUT2D eigenvalue weighted by Crippen LogP contribution is -2.07. The fourth-order valence-corrected chi connectivity index (χ4v) is 2.91. The van der Waals surface area contributed by atoms with Crippen LogP contribution in [0.5, 0.6) is 0 Å². The van der Waals surface area contributed by atoms with E-state index in [1.807, 2.05) is 6.92 Å². The molecule has 1 aliphatic rings. The molecule has 1 aromatic carbocycles. The maximum atomic E-state index is 13.5. The quantitative estimate of drug-likeness (QED) is 0.739. The molecule has 0 spiro atoms. The van der Waals surface area contributed by atoms with Gasteiger partial charge in [0.1, 0.15) is 11.6 Å². The highest BCUT2D eigenvalue weighted by Gasteiger charge is 2.26. The van der Waals surface area contributed by atoms with E-state index in [0.29, 0.717) is 17.7 Å². The lowest BCUT2D eigenvalue weighted by Gasteiger charge is -2.13. The Kier molecular flexibility index (Phi) is 2.98. The number of benzene rings is 1. The molecule has 0 saturated heterocycles. The molecule has 0 bridgehead atoms. The Morgan fingerprint density at radius 2 is 2.00 bits per heavy atom. The topological polar surface area (TPSA) is 20.2 Å². The third-order valence-electron chi connectivity index (χ3n) is 2.65. The highest BCUT2D eigenvalue weighted by atomic mass is 32.2. The average Bonchev–Trinajstić information content (AvgIpc) is 2.32. The molecular weight excluding hydrogens is 218 g/mol. The molecule has 1 nitrogen and oxygen atoms in total. The van der Waals surface area contributed by atoms with Gasteiger partial charge in [-0.15, -0.1) is 0 Å². The van der Waals surface area contributed by atoms with Gasteiger partial charge in [0, 0.05) is 22.1 Å². The van der Waals surface area contributed by atoms with Crippen LogP contribution in [0.3, 0.4) is 0 Å². The van der Waals surface area contributed by atoms with Gasteiger partial charge in [0.2, 0.25) is 0 Å². The van der Waals surface area contributed by atoms with E-state index in [1.165, 1.54) is 0 Å². The third kappa shape index (κ3) is 2.01. The normalized spacial score (nSPS) is 25.9. The van der Waals surface area contributed by atoms with Crippen molar-refractivity contribution in [1.82, 2.24) is 0 Å². The van der Waals surface area contributed by atoms with Crippen LogP contribution in [0.15, 0.2) is 12.1 Å². The maximum absolute atomic E-state index is 13.5. The molecule has 1 unspecified atom stereocenters. The number of fused-ring (bicyclic) bond motifs is 1. The monoisotopic (exact) mass is 230 g/mol. The smallest absolute Gasteiger partial charge is 0.129 e. The molecule has 0 fully saturated rings. The molecule has 15 heavy (non-hydrogen) atoms. The summed E-state index contributed by atoms with van der Waals surface area (Å²) >= 11 is 1.54. The third-order valence-corrected chi connectivity index (χ3v) is 3.86. The summed E-state index contributed by atoms with van der Waals surface area (Å²) in [7, 11) is 0. The Morgan fingerprint density at radius 3 is 2.73 bits per heavy atom. The SMILES string of the molecule is CC1C[C@@H](O)c2c(F)ccc(F)c2CS1. The van der Waals surface area contributed by atoms with E-state index in [4.69, 9.17) is 0 Å². The van der Waals surface area contributed by atoms with Crippen LogP contribution >= 0.6 is 11.8 Å². The summed E-state index contributed by atoms with van der Waals surface area (Å²) in [6.07, 6.45) is -0.418. The molecule has 2 atom stereocenters. The Balaban J connectivity index is 2.52. The van der Waals surface area contributed by atoms with Gasteiger partial charge >= 0.3 is 0 Å². The molecule has 82 valence electrons. The largest absolute Gasteiger partial charge is 0.388 e. The Bertz CT molecular complexity index is 381. The van der Waals surface area contributed by atoms with Gasteiger partial charge in [-0.2, -0.15) is 11.8 Å². The first-order valence-electron chi connectivity index (χ1n) is 4.86. The van der Waals surface area contributed by atoms with E-state index >= 15 is 0 Å². The molecule has 1 aromatic rings. The molecule has 1 aliphatic heterocycles. The fraction of sp³-hybridized carbons (Fsp3) is 0.455. The minimum Gasteiger partial charge on any atom is -0.388 e. The van der Waals surface area contributed by atoms with Gasteiger partial charge in [-0.25, -0.2) is 8.78 Å². The summed E-state index contributed by atoms with van der Waals surface area (Å²) in [4.78, 5) is 0. The van der Waals surface area contributed by atoms with E-state index in [1.54, 1.807) is 11.8 Å². The van der Waals surface area contributed by atoms with Gasteiger partial charge in [0.05, 0.1) is 6.10 Å². The summed E-state index contributed by atoms with van der Waals surface area (Å²) < 4.78 is 26.9. The van der Waals surface area contributed by atoms with Crippen LogP contribution in [0.2, 0.25) is 0 Å². The Morgan fingerprint density at radius 1 is 1.33 bits per heavy atom. The van der Waals surface area contributed by atoms with Crippen LogP contribution in [0.25, 0.3) is 0 Å². The summed E-state index contributed by atoms with van der Waals surface area (Å²) in [6, 6.07) is 2.20. The molecule has 0 aromatic heterocycles. The second-order valence-electron chi connectivity index (χ2n) is 3.79. The number of hydrogen-bond donors (Lipinski definition) is 1. The summed E-state index contributed by atoms with van der Waals surface area (Å²) in [5.74, 6) is -0.502. The lowest BCUT2D eigenvalue weighted by molar-refractivity contribution is 0.163. The van der Waals surface area contributed by atoms with E-state index in [2.05, 4.69) is 0 Å². The number of halogens is 2. The summed E-state index contributed by atoms with van der Waals surface area (Å²) in [5.41, 5.74) is 0.462. The van der Waals surface area contributed by atoms with Crippen LogP contribution in [0.1, 0.15) is 30.6 Å². The first-order valence-corrected chi connectivity index (χ1v) is 5.91. The molecule has 1 N–H and O–H groups in total. The van der Waals surface area contributed by atoms with Crippen molar-refractivity contribution >= 4 is 11.8 Å². The van der Waals surface area contributed by atoms with Crippen molar-refractivity contribution in [2.24, 2.45) is 0 Å². The van der Waals surface area contributed by atoms with Crippen LogP contribution < -0.4 is 0 Å². The van der Waals surface area contributed by atoms with Crippen LogP contribution in [-0.2, 0) is 5.75 Å². The first kappa shape index (κ1) is 10.9. The van der Waals surface area contributed by atoms with Crippen molar-refractivity contribution in [2.45, 2.75) is 30.5 Å². The van der Waals surface area contributed by atoms with Gasteiger partial charge in [-0.05, 0) is 18.6 Å². The average molecular weight is 230 g/mol. The van der Waals surface area contributed by atoms with Crippen molar-refractivity contribution in [3.8, 4) is 0 Å². The minimum atomic E-state index is -0.888. The standard InChI is InChI=1S/C11H12F2OS/c1-6-4-10(14)11-7(5-15-6)8(12)2-3-9(11)13/h2-3,6,10,14H,4-5H2,1H3/t6?,10-/m1/s1. The van der Waals surface area contributed by atoms with Crippen molar-refractivity contribution in [2.75, 3.05) is 0 Å². The molecule has 2 rings (SSSR count). The van der Waals surface area contributed by atoms with Crippen molar-refractivity contribution in [3.63, 3.8) is 0 Å². The predicted octanol–water partition coefficient (Wildman–Crippen LogP) is 3.02. The van der Waals surface area contributed by atoms with Crippen LogP contribution in [-0.4, -0.2) is 10.4 Å². The Hall–Kier alpha value is -0.610. The fourth-order valence-electron chi connectivity index (χ4n) is 1.84. The second kappa shape index (κ2) is 4.10. The van der Waals surface area contributed by atoms with Gasteiger partial charge < -0.3 is 5.11 Å². The van der Waals surface area contributed by atoms with E-state index in [-0.39, 0.29) is 10.8 Å². The Labute approximate surface area is 91.5 Å². The highest BCUT2D eigenvalue weighted by Crippen LogP contribution is 2.37. The van der Waals surface area contributed by atoms with Gasteiger partial charge in [-0.1, -0.05) is 6.92 Å². The first-order chi connectivity index (χ1) is 7.09. The lowest BCUT2D eigenvalue weighted by atomic mass is 9.99. The number of hydrogen-bond acceptors (Lipinski definition) is 2. The molecule has 0 amide bonds. The van der Waals surface area contributed by atoms with Crippen LogP contribution in [0, 0.1) is 11.6 Å². The molecule has 4 heteroatoms. The van der Waals surface area contributed by atoms with E-state index in [0.717, 1.165) is 12.1 Å². The van der Waals surface area contributed by atoms with Crippen LogP contribution in [0.4, 0.5) is 8.78 Å². The number of aliphatic hydroxyl groups is 1. The van der Waals surface area contributed by atoms with E-state index in [9.17, 15) is 13.9 Å². The molecule has 0 radical (unpaired) electrons. The minimum absolute atomic E-state index is 0.145. The zero-order chi connectivity index (χ0) is 11.0. The van der Waals surface area contributed by atoms with E-state index < -0.39 is 17.7 Å². The molecule has 0 saturated carbocycles. The van der Waals surface area contributed by atoms with Crippen molar-refractivity contribution in [1.29, 1.82) is 0 Å². The summed E-state index contributed by atoms with van der Waals surface area (Å²) in [5, 5.41) is 10.0.